The first-order valence-electron chi connectivity index (χ1n) is 10.6. The second kappa shape index (κ2) is 7.01. The Kier molecular flexibility index (Phi) is 4.45. The van der Waals surface area contributed by atoms with Crippen LogP contribution in [0.2, 0.25) is 0 Å². The molecule has 0 unspecified atom stereocenters. The zero-order valence-corrected chi connectivity index (χ0v) is 16.8. The monoisotopic (exact) mass is 389 g/mol. The molecule has 0 aliphatic heterocycles. The van der Waals surface area contributed by atoms with Crippen LogP contribution in [0.3, 0.4) is 0 Å². The van der Waals surface area contributed by atoms with Crippen molar-refractivity contribution in [2.45, 2.75) is 43.9 Å². The number of nitrogens with one attached hydrogen (secondary N) is 1. The molecule has 29 heavy (non-hydrogen) atoms. The first kappa shape index (κ1) is 18.4. The van der Waals surface area contributed by atoms with Gasteiger partial charge in [0.25, 0.3) is 0 Å². The molecule has 0 heterocycles. The molecule has 4 aliphatic rings. The molecule has 0 radical (unpaired) electrons. The summed E-state index contributed by atoms with van der Waals surface area (Å²) in [6, 6.07) is 12.8. The first-order valence-corrected chi connectivity index (χ1v) is 10.6. The third-order valence-electron chi connectivity index (χ3n) is 7.31. The minimum absolute atomic E-state index is 0.153. The van der Waals surface area contributed by atoms with Crippen molar-refractivity contribution in [1.82, 2.24) is 0 Å². The second-order valence-electron chi connectivity index (χ2n) is 9.19. The summed E-state index contributed by atoms with van der Waals surface area (Å²) < 4.78 is 11.5. The largest absolute Gasteiger partial charge is 0.496 e. The summed E-state index contributed by atoms with van der Waals surface area (Å²) in [5.41, 5.74) is 2.49. The topological polar surface area (TPSA) is 59.4 Å². The van der Waals surface area contributed by atoms with Crippen LogP contribution in [0, 0.1) is 23.2 Å². The quantitative estimate of drug-likeness (QED) is 0.424. The average Bonchev–Trinajstić information content (AvgIpc) is 2.73. The van der Waals surface area contributed by atoms with Gasteiger partial charge in [-0.25, -0.2) is 4.79 Å². The zero-order valence-electron chi connectivity index (χ0n) is 16.8. The van der Waals surface area contributed by atoms with E-state index < -0.39 is 5.97 Å². The molecule has 1 N–H and O–H groups in total. The van der Waals surface area contributed by atoms with Crippen LogP contribution in [0.5, 0.6) is 11.5 Å². The standard InChI is InChI=1S/C25H27NO3/c1-28-23-11-22(29-24(27)19-5-3-2-4-6-19)20(15-26)10-21(23)25-12-16-7-17(13-25)9-18(8-16)14-25/h2-6,10-11,15-18,26H,7-9,12-14H2,1H3. The van der Waals surface area contributed by atoms with E-state index in [4.69, 9.17) is 14.9 Å². The Labute approximate surface area is 171 Å². The molecule has 6 rings (SSSR count). The number of ether oxygens (including phenoxy) is 2. The van der Waals surface area contributed by atoms with Crippen LogP contribution in [0.15, 0.2) is 42.5 Å². The zero-order chi connectivity index (χ0) is 20.0. The fourth-order valence-electron chi connectivity index (χ4n) is 6.54. The molecular formula is C25H27NO3. The van der Waals surface area contributed by atoms with Crippen molar-refractivity contribution in [2.75, 3.05) is 7.11 Å². The number of rotatable bonds is 5. The van der Waals surface area contributed by atoms with Crippen molar-refractivity contribution in [3.8, 4) is 11.5 Å². The van der Waals surface area contributed by atoms with Gasteiger partial charge in [0, 0.05) is 23.4 Å². The molecule has 0 spiro atoms. The molecule has 4 bridgehead atoms. The van der Waals surface area contributed by atoms with E-state index in [9.17, 15) is 4.79 Å². The highest BCUT2D eigenvalue weighted by Gasteiger charge is 2.52. The van der Waals surface area contributed by atoms with Gasteiger partial charge in [-0.3, -0.25) is 0 Å². The molecule has 4 nitrogen and oxygen atoms in total. The number of carbonyl (C=O) groups is 1. The van der Waals surface area contributed by atoms with Crippen molar-refractivity contribution in [2.24, 2.45) is 17.8 Å². The SMILES string of the molecule is COc1cc(OC(=O)c2ccccc2)c(C=N)cc1C12CC3CC(CC(C3)C1)C2. The summed E-state index contributed by atoms with van der Waals surface area (Å²) in [4.78, 5) is 12.6. The van der Waals surface area contributed by atoms with E-state index in [1.54, 1.807) is 19.2 Å². The lowest BCUT2D eigenvalue weighted by Crippen LogP contribution is -2.48. The molecule has 0 atom stereocenters. The summed E-state index contributed by atoms with van der Waals surface area (Å²) in [5, 5.41) is 7.94. The minimum atomic E-state index is -0.418. The lowest BCUT2D eigenvalue weighted by Gasteiger charge is -2.57. The molecule has 150 valence electrons. The van der Waals surface area contributed by atoms with Crippen LogP contribution >= 0.6 is 0 Å². The van der Waals surface area contributed by atoms with Crippen molar-refractivity contribution in [1.29, 1.82) is 5.41 Å². The Hall–Kier alpha value is -2.62. The molecule has 4 saturated carbocycles. The van der Waals surface area contributed by atoms with E-state index in [1.165, 1.54) is 50.3 Å². The van der Waals surface area contributed by atoms with Gasteiger partial charge in [-0.2, -0.15) is 0 Å². The van der Waals surface area contributed by atoms with E-state index in [2.05, 4.69) is 0 Å². The predicted octanol–water partition coefficient (Wildman–Crippen LogP) is 5.38. The molecule has 2 aromatic rings. The van der Waals surface area contributed by atoms with Crippen LogP contribution in [-0.4, -0.2) is 19.3 Å². The van der Waals surface area contributed by atoms with E-state index in [1.807, 2.05) is 30.3 Å². The summed E-state index contributed by atoms with van der Waals surface area (Å²) in [7, 11) is 1.69. The smallest absolute Gasteiger partial charge is 0.343 e. The van der Waals surface area contributed by atoms with Crippen molar-refractivity contribution in [3.63, 3.8) is 0 Å². The van der Waals surface area contributed by atoms with Crippen LogP contribution in [0.1, 0.15) is 60.0 Å². The van der Waals surface area contributed by atoms with Gasteiger partial charge in [-0.15, -0.1) is 0 Å². The minimum Gasteiger partial charge on any atom is -0.496 e. The average molecular weight is 389 g/mol. The Morgan fingerprint density at radius 1 is 1.00 bits per heavy atom. The van der Waals surface area contributed by atoms with Gasteiger partial charge >= 0.3 is 5.97 Å². The number of esters is 1. The highest BCUT2D eigenvalue weighted by Crippen LogP contribution is 2.62. The number of hydrogen-bond donors (Lipinski definition) is 1. The highest BCUT2D eigenvalue weighted by molar-refractivity contribution is 5.93. The van der Waals surface area contributed by atoms with E-state index in [0.29, 0.717) is 16.9 Å². The van der Waals surface area contributed by atoms with Gasteiger partial charge in [-0.1, -0.05) is 18.2 Å². The molecular weight excluding hydrogens is 362 g/mol. The normalized spacial score (nSPS) is 29.5. The highest BCUT2D eigenvalue weighted by atomic mass is 16.5. The fraction of sp³-hybridized carbons (Fsp3) is 0.440. The van der Waals surface area contributed by atoms with Crippen molar-refractivity contribution in [3.05, 3.63) is 59.2 Å². The van der Waals surface area contributed by atoms with Crippen molar-refractivity contribution >= 4 is 12.2 Å². The van der Waals surface area contributed by atoms with E-state index in [0.717, 1.165) is 23.5 Å². The summed E-state index contributed by atoms with van der Waals surface area (Å²) in [6.07, 6.45) is 9.09. The van der Waals surface area contributed by atoms with Crippen LogP contribution in [-0.2, 0) is 5.41 Å². The maximum atomic E-state index is 12.6. The molecule has 4 heteroatoms. The summed E-state index contributed by atoms with van der Waals surface area (Å²) in [6.45, 7) is 0. The number of benzene rings is 2. The van der Waals surface area contributed by atoms with Gasteiger partial charge in [0.05, 0.1) is 12.7 Å². The predicted molar refractivity (Wildman–Crippen MR) is 112 cm³/mol. The van der Waals surface area contributed by atoms with E-state index >= 15 is 0 Å². The molecule has 4 fully saturated rings. The lowest BCUT2D eigenvalue weighted by molar-refractivity contribution is -0.00617. The molecule has 0 saturated heterocycles. The molecule has 0 amide bonds. The van der Waals surface area contributed by atoms with Gasteiger partial charge in [0.1, 0.15) is 11.5 Å². The van der Waals surface area contributed by atoms with E-state index in [-0.39, 0.29) is 5.41 Å². The van der Waals surface area contributed by atoms with Gasteiger partial charge in [0.2, 0.25) is 0 Å². The first-order chi connectivity index (χ1) is 14.1. The number of carbonyl (C=O) groups excluding carboxylic acids is 1. The maximum absolute atomic E-state index is 12.6. The lowest BCUT2D eigenvalue weighted by atomic mass is 9.48. The van der Waals surface area contributed by atoms with Crippen LogP contribution in [0.25, 0.3) is 0 Å². The molecule has 2 aromatic carbocycles. The van der Waals surface area contributed by atoms with Gasteiger partial charge < -0.3 is 14.9 Å². The van der Waals surface area contributed by atoms with Gasteiger partial charge in [0.15, 0.2) is 0 Å². The fourth-order valence-corrected chi connectivity index (χ4v) is 6.54. The third kappa shape index (κ3) is 3.15. The Morgan fingerprint density at radius 2 is 1.62 bits per heavy atom. The Morgan fingerprint density at radius 3 is 2.17 bits per heavy atom. The van der Waals surface area contributed by atoms with Crippen molar-refractivity contribution < 1.29 is 14.3 Å². The van der Waals surface area contributed by atoms with Crippen LogP contribution < -0.4 is 9.47 Å². The van der Waals surface area contributed by atoms with Crippen LogP contribution in [0.4, 0.5) is 0 Å². The third-order valence-corrected chi connectivity index (χ3v) is 7.31. The summed E-state index contributed by atoms with van der Waals surface area (Å²) >= 11 is 0. The number of hydrogen-bond acceptors (Lipinski definition) is 4. The Bertz CT molecular complexity index is 915. The van der Waals surface area contributed by atoms with Gasteiger partial charge in [-0.05, 0) is 79.9 Å². The number of methoxy groups -OCH3 is 1. The summed E-state index contributed by atoms with van der Waals surface area (Å²) in [5.74, 6) is 3.23. The second-order valence-corrected chi connectivity index (χ2v) is 9.19. The molecule has 4 aliphatic carbocycles. The maximum Gasteiger partial charge on any atom is 0.343 e. The Balaban J connectivity index is 1.52. The molecule has 0 aromatic heterocycles.